The Labute approximate surface area is 129 Å². The Morgan fingerprint density at radius 1 is 1.06 bits per heavy atom. The smallest absolute Gasteiger partial charge is 0.249 e. The van der Waals surface area contributed by atoms with Crippen molar-refractivity contribution in [3.8, 4) is 0 Å². The van der Waals surface area contributed by atoms with Gasteiger partial charge in [0.1, 0.15) is 5.82 Å². The summed E-state index contributed by atoms with van der Waals surface area (Å²) in [6.45, 7) is 0. The van der Waals surface area contributed by atoms with E-state index in [4.69, 9.17) is 0 Å². The fourth-order valence-electron chi connectivity index (χ4n) is 1.28. The quantitative estimate of drug-likeness (QED) is 0.455. The van der Waals surface area contributed by atoms with Crippen molar-refractivity contribution >= 4 is 16.6 Å². The van der Waals surface area contributed by atoms with Crippen molar-refractivity contribution in [2.75, 3.05) is 5.43 Å². The van der Waals surface area contributed by atoms with E-state index in [1.165, 1.54) is 6.20 Å². The number of nitroso groups, excluding NO2 is 1. The summed E-state index contributed by atoms with van der Waals surface area (Å²) in [5, 5.41) is 2.50. The SMILES string of the molecule is O=NNc1ccc(S(=O)c2ccccc2)cn1.[Na+]. The normalized spacial score (nSPS) is 11.1. The molecule has 18 heavy (non-hydrogen) atoms. The second-order valence-electron chi connectivity index (χ2n) is 3.16. The van der Waals surface area contributed by atoms with E-state index in [0.717, 1.165) is 0 Å². The summed E-state index contributed by atoms with van der Waals surface area (Å²) >= 11 is 0. The number of rotatable bonds is 4. The van der Waals surface area contributed by atoms with Gasteiger partial charge in [0.25, 0.3) is 0 Å². The molecule has 0 saturated heterocycles. The summed E-state index contributed by atoms with van der Waals surface area (Å²) in [5.74, 6) is 0.328. The van der Waals surface area contributed by atoms with E-state index < -0.39 is 10.8 Å². The summed E-state index contributed by atoms with van der Waals surface area (Å²) in [6, 6.07) is 12.3. The predicted octanol–water partition coefficient (Wildman–Crippen LogP) is -0.654. The van der Waals surface area contributed by atoms with Gasteiger partial charge in [0.15, 0.2) is 0 Å². The van der Waals surface area contributed by atoms with Crippen LogP contribution in [0.3, 0.4) is 0 Å². The maximum absolute atomic E-state index is 12.1. The molecule has 0 saturated carbocycles. The zero-order valence-corrected chi connectivity index (χ0v) is 12.6. The van der Waals surface area contributed by atoms with Gasteiger partial charge in [-0.25, -0.2) is 14.6 Å². The van der Waals surface area contributed by atoms with Gasteiger partial charge < -0.3 is 0 Å². The molecule has 2 rings (SSSR count). The Morgan fingerprint density at radius 3 is 2.33 bits per heavy atom. The van der Waals surface area contributed by atoms with Crippen molar-refractivity contribution in [3.63, 3.8) is 0 Å². The molecule has 0 spiro atoms. The molecule has 0 radical (unpaired) electrons. The van der Waals surface area contributed by atoms with E-state index in [-0.39, 0.29) is 29.6 Å². The molecule has 5 nitrogen and oxygen atoms in total. The van der Waals surface area contributed by atoms with Crippen molar-refractivity contribution < 1.29 is 33.8 Å². The van der Waals surface area contributed by atoms with Crippen LogP contribution in [0, 0.1) is 4.91 Å². The van der Waals surface area contributed by atoms with E-state index in [9.17, 15) is 9.12 Å². The van der Waals surface area contributed by atoms with Gasteiger partial charge in [0.05, 0.1) is 21.0 Å². The fraction of sp³-hybridized carbons (Fsp3) is 0. The summed E-state index contributed by atoms with van der Waals surface area (Å²) in [4.78, 5) is 15.2. The van der Waals surface area contributed by atoms with Gasteiger partial charge in [-0.1, -0.05) is 18.2 Å². The minimum atomic E-state index is -1.26. The average Bonchev–Trinajstić information content (AvgIpc) is 2.40. The van der Waals surface area contributed by atoms with Crippen molar-refractivity contribution in [1.82, 2.24) is 4.98 Å². The van der Waals surface area contributed by atoms with Gasteiger partial charge >= 0.3 is 29.6 Å². The number of hydrogen-bond donors (Lipinski definition) is 1. The number of aromatic nitrogens is 1. The average molecular weight is 270 g/mol. The molecule has 1 unspecified atom stereocenters. The van der Waals surface area contributed by atoms with Gasteiger partial charge in [0.2, 0.25) is 0 Å². The van der Waals surface area contributed by atoms with Gasteiger partial charge in [-0.3, -0.25) is 0 Å². The minimum Gasteiger partial charge on any atom is -0.249 e. The first-order chi connectivity index (χ1) is 8.31. The molecule has 2 aromatic rings. The summed E-state index contributed by atoms with van der Waals surface area (Å²) in [7, 11) is -1.26. The van der Waals surface area contributed by atoms with Crippen LogP contribution in [0.2, 0.25) is 0 Å². The van der Waals surface area contributed by atoms with E-state index in [1.807, 2.05) is 18.2 Å². The second kappa shape index (κ2) is 7.38. The molecule has 0 aliphatic heterocycles. The molecule has 86 valence electrons. The van der Waals surface area contributed by atoms with Gasteiger partial charge in [-0.2, -0.15) is 0 Å². The number of nitrogens with zero attached hydrogens (tertiary/aromatic N) is 2. The van der Waals surface area contributed by atoms with Gasteiger partial charge in [0, 0.05) is 11.1 Å². The summed E-state index contributed by atoms with van der Waals surface area (Å²) < 4.78 is 12.1. The maximum atomic E-state index is 12.1. The topological polar surface area (TPSA) is 71.4 Å². The third kappa shape index (κ3) is 3.71. The molecule has 1 N–H and O–H groups in total. The number of anilines is 1. The number of nitrogens with one attached hydrogen (secondary N) is 1. The van der Waals surface area contributed by atoms with E-state index in [2.05, 4.69) is 15.7 Å². The standard InChI is InChI=1S/C11H9N3O2S.Na/c15-14-13-11-7-6-10(8-12-11)17(16)9-4-2-1-3-5-9;/h1-8H,(H,12,13,15);/q;+1. The third-order valence-corrected chi connectivity index (χ3v) is 3.44. The minimum absolute atomic E-state index is 0. The monoisotopic (exact) mass is 270 g/mol. The van der Waals surface area contributed by atoms with Crippen LogP contribution in [0.25, 0.3) is 0 Å². The van der Waals surface area contributed by atoms with Crippen molar-refractivity contribution in [2.24, 2.45) is 5.29 Å². The van der Waals surface area contributed by atoms with E-state index in [0.29, 0.717) is 15.6 Å². The maximum Gasteiger partial charge on any atom is 1.00 e. The molecule has 1 heterocycles. The van der Waals surface area contributed by atoms with Crippen LogP contribution in [-0.4, -0.2) is 9.19 Å². The molecule has 1 aromatic heterocycles. The van der Waals surface area contributed by atoms with Crippen LogP contribution < -0.4 is 35.0 Å². The number of benzene rings is 1. The van der Waals surface area contributed by atoms with Gasteiger partial charge in [-0.15, -0.1) is 4.91 Å². The molecule has 0 aliphatic rings. The van der Waals surface area contributed by atoms with Crippen LogP contribution in [-0.2, 0) is 10.8 Å². The van der Waals surface area contributed by atoms with Crippen LogP contribution in [0.4, 0.5) is 5.82 Å². The first kappa shape index (κ1) is 15.0. The zero-order chi connectivity index (χ0) is 12.1. The molecule has 0 bridgehead atoms. The molecule has 7 heteroatoms. The Kier molecular flexibility index (Phi) is 6.14. The van der Waals surface area contributed by atoms with Crippen molar-refractivity contribution in [3.05, 3.63) is 53.6 Å². The second-order valence-corrected chi connectivity index (χ2v) is 4.64. The molecule has 1 aromatic carbocycles. The number of hydrogen-bond acceptors (Lipinski definition) is 4. The molecular weight excluding hydrogens is 261 g/mol. The first-order valence-corrected chi connectivity index (χ1v) is 5.97. The summed E-state index contributed by atoms with van der Waals surface area (Å²) in [5.41, 5.74) is 2.17. The molecule has 0 aliphatic carbocycles. The fourth-order valence-corrected chi connectivity index (χ4v) is 2.30. The molecule has 0 amide bonds. The van der Waals surface area contributed by atoms with Crippen LogP contribution in [0.5, 0.6) is 0 Å². The number of pyridine rings is 1. The van der Waals surface area contributed by atoms with Crippen molar-refractivity contribution in [1.29, 1.82) is 0 Å². The molecule has 1 atom stereocenters. The predicted molar refractivity (Wildman–Crippen MR) is 64.8 cm³/mol. The van der Waals surface area contributed by atoms with E-state index >= 15 is 0 Å². The summed E-state index contributed by atoms with van der Waals surface area (Å²) in [6.07, 6.45) is 1.45. The first-order valence-electron chi connectivity index (χ1n) is 4.82. The third-order valence-electron chi connectivity index (χ3n) is 2.07. The van der Waals surface area contributed by atoms with Crippen LogP contribution >= 0.6 is 0 Å². The molecule has 0 fully saturated rings. The van der Waals surface area contributed by atoms with E-state index in [1.54, 1.807) is 24.3 Å². The zero-order valence-electron chi connectivity index (χ0n) is 9.74. The van der Waals surface area contributed by atoms with Gasteiger partial charge in [-0.05, 0) is 24.3 Å². The Hall–Kier alpha value is -1.08. The Balaban J connectivity index is 0.00000162. The Bertz CT molecular complexity index is 534. The Morgan fingerprint density at radius 2 is 1.78 bits per heavy atom. The molecular formula is C11H9N3NaO2S+. The van der Waals surface area contributed by atoms with Crippen molar-refractivity contribution in [2.45, 2.75) is 9.79 Å². The van der Waals surface area contributed by atoms with Crippen LogP contribution in [0.15, 0.2) is 63.7 Å². The largest absolute Gasteiger partial charge is 1.00 e. The van der Waals surface area contributed by atoms with Crippen LogP contribution in [0.1, 0.15) is 0 Å².